The fourth-order valence-corrected chi connectivity index (χ4v) is 2.05. The molecule has 3 nitrogen and oxygen atoms in total. The fourth-order valence-electron chi connectivity index (χ4n) is 2.05. The Morgan fingerprint density at radius 1 is 1.30 bits per heavy atom. The number of alkyl halides is 4. The van der Waals surface area contributed by atoms with E-state index in [0.29, 0.717) is 22.5 Å². The number of nitrogens with zero attached hydrogens (tertiary/aromatic N) is 2. The van der Waals surface area contributed by atoms with E-state index in [1.165, 1.54) is 18.2 Å². The van der Waals surface area contributed by atoms with E-state index in [0.717, 1.165) is 4.57 Å². The molecule has 0 unspecified atom stereocenters. The molecule has 20 heavy (non-hydrogen) atoms. The zero-order valence-corrected chi connectivity index (χ0v) is 11.1. The molecular formula is C13H15F4N3. The molecule has 0 radical (unpaired) electrons. The fraction of sp³-hybridized carbons (Fsp3) is 0.462. The van der Waals surface area contributed by atoms with Gasteiger partial charge in [-0.3, -0.25) is 0 Å². The van der Waals surface area contributed by atoms with Crippen molar-refractivity contribution in [1.82, 2.24) is 9.55 Å². The number of benzene rings is 1. The number of anilines is 1. The summed E-state index contributed by atoms with van der Waals surface area (Å²) >= 11 is 0. The summed E-state index contributed by atoms with van der Waals surface area (Å²) in [4.78, 5) is 4.22. The average Bonchev–Trinajstić information content (AvgIpc) is 2.66. The summed E-state index contributed by atoms with van der Waals surface area (Å²) in [6.07, 6.45) is -3.71. The highest BCUT2D eigenvalue weighted by atomic mass is 19.3. The van der Waals surface area contributed by atoms with Gasteiger partial charge < -0.3 is 10.3 Å². The highest BCUT2D eigenvalue weighted by Gasteiger charge is 2.42. The van der Waals surface area contributed by atoms with Gasteiger partial charge in [-0.2, -0.15) is 8.78 Å². The second-order valence-electron chi connectivity index (χ2n) is 5.02. The molecule has 1 aromatic heterocycles. The van der Waals surface area contributed by atoms with Gasteiger partial charge in [-0.15, -0.1) is 0 Å². The summed E-state index contributed by atoms with van der Waals surface area (Å²) in [6.45, 7) is 2.43. The van der Waals surface area contributed by atoms with E-state index in [1.807, 2.05) is 0 Å². The van der Waals surface area contributed by atoms with E-state index < -0.39 is 18.9 Å². The number of fused-ring (bicyclic) bond motifs is 1. The molecule has 0 atom stereocenters. The van der Waals surface area contributed by atoms with Crippen LogP contribution in [0.4, 0.5) is 23.2 Å². The lowest BCUT2D eigenvalue weighted by atomic mass is 10.2. The van der Waals surface area contributed by atoms with E-state index in [-0.39, 0.29) is 5.92 Å². The van der Waals surface area contributed by atoms with Crippen LogP contribution in [0, 0.1) is 0 Å². The number of imidazole rings is 1. The third kappa shape index (κ3) is 2.57. The predicted molar refractivity (Wildman–Crippen MR) is 69.2 cm³/mol. The lowest BCUT2D eigenvalue weighted by molar-refractivity contribution is -0.137. The van der Waals surface area contributed by atoms with E-state index in [1.54, 1.807) is 13.8 Å². The Bertz CT molecular complexity index is 619. The van der Waals surface area contributed by atoms with Gasteiger partial charge in [0.1, 0.15) is 5.82 Å². The van der Waals surface area contributed by atoms with Crippen LogP contribution in [0.5, 0.6) is 0 Å². The van der Waals surface area contributed by atoms with Crippen LogP contribution >= 0.6 is 0 Å². The Labute approximate surface area is 113 Å². The Morgan fingerprint density at radius 2 is 1.95 bits per heavy atom. The highest BCUT2D eigenvalue weighted by Crippen LogP contribution is 2.30. The maximum absolute atomic E-state index is 13.3. The van der Waals surface area contributed by atoms with Crippen LogP contribution in [0.2, 0.25) is 0 Å². The normalized spacial score (nSPS) is 12.8. The quantitative estimate of drug-likeness (QED) is 0.690. The topological polar surface area (TPSA) is 43.8 Å². The first kappa shape index (κ1) is 14.6. The van der Waals surface area contributed by atoms with Crippen molar-refractivity contribution >= 4 is 16.7 Å². The first-order valence-electron chi connectivity index (χ1n) is 6.14. The van der Waals surface area contributed by atoms with Crippen LogP contribution in [0.1, 0.15) is 25.6 Å². The van der Waals surface area contributed by atoms with E-state index in [9.17, 15) is 17.6 Å². The van der Waals surface area contributed by atoms with Crippen LogP contribution < -0.4 is 5.73 Å². The minimum Gasteiger partial charge on any atom is -0.399 e. The highest BCUT2D eigenvalue weighted by molar-refractivity contribution is 5.79. The zero-order valence-electron chi connectivity index (χ0n) is 11.1. The maximum Gasteiger partial charge on any atom is 0.324 e. The van der Waals surface area contributed by atoms with Crippen molar-refractivity contribution in [3.63, 3.8) is 0 Å². The Morgan fingerprint density at radius 3 is 2.50 bits per heavy atom. The van der Waals surface area contributed by atoms with Crippen LogP contribution in [-0.4, -0.2) is 21.9 Å². The van der Waals surface area contributed by atoms with E-state index in [2.05, 4.69) is 4.98 Å². The molecule has 2 rings (SSSR count). The largest absolute Gasteiger partial charge is 0.399 e. The van der Waals surface area contributed by atoms with E-state index >= 15 is 0 Å². The van der Waals surface area contributed by atoms with E-state index in [4.69, 9.17) is 5.73 Å². The van der Waals surface area contributed by atoms with Gasteiger partial charge >= 0.3 is 12.3 Å². The van der Waals surface area contributed by atoms with Crippen LogP contribution in [0.15, 0.2) is 18.2 Å². The van der Waals surface area contributed by atoms with Crippen molar-refractivity contribution in [3.05, 3.63) is 24.0 Å². The molecule has 2 aromatic rings. The standard InChI is InChI=1S/C13H15F4N3/c1-7(2)11-19-9-5-8(18)3-4-10(9)20(11)6-13(16,17)12(14)15/h3-5,7,12H,6,18H2,1-2H3. The third-order valence-electron chi connectivity index (χ3n) is 3.01. The van der Waals surface area contributed by atoms with Gasteiger partial charge in [0, 0.05) is 11.6 Å². The van der Waals surface area contributed by atoms with Crippen molar-refractivity contribution in [3.8, 4) is 0 Å². The van der Waals surface area contributed by atoms with Crippen LogP contribution in [-0.2, 0) is 6.54 Å². The number of hydrogen-bond acceptors (Lipinski definition) is 2. The molecule has 0 saturated carbocycles. The zero-order chi connectivity index (χ0) is 15.1. The first-order valence-corrected chi connectivity index (χ1v) is 6.14. The Kier molecular flexibility index (Phi) is 3.62. The van der Waals surface area contributed by atoms with Crippen molar-refractivity contribution in [2.45, 2.75) is 38.7 Å². The van der Waals surface area contributed by atoms with Crippen molar-refractivity contribution < 1.29 is 17.6 Å². The summed E-state index contributed by atoms with van der Waals surface area (Å²) in [7, 11) is 0. The monoisotopic (exact) mass is 289 g/mol. The Balaban J connectivity index is 2.57. The molecule has 110 valence electrons. The molecular weight excluding hydrogens is 274 g/mol. The Hall–Kier alpha value is -1.79. The van der Waals surface area contributed by atoms with Crippen LogP contribution in [0.25, 0.3) is 11.0 Å². The molecule has 0 aliphatic carbocycles. The number of nitrogens with two attached hydrogens (primary N) is 1. The minimum atomic E-state index is -4.10. The molecule has 0 amide bonds. The first-order chi connectivity index (χ1) is 9.22. The number of nitrogen functional groups attached to an aromatic ring is 1. The molecule has 0 spiro atoms. The van der Waals surface area contributed by atoms with Crippen molar-refractivity contribution in [1.29, 1.82) is 0 Å². The molecule has 0 bridgehead atoms. The summed E-state index contributed by atoms with van der Waals surface area (Å²) in [6, 6.07) is 4.59. The molecule has 1 heterocycles. The summed E-state index contributed by atoms with van der Waals surface area (Å²) < 4.78 is 52.6. The molecule has 0 aliphatic rings. The number of halogens is 4. The van der Waals surface area contributed by atoms with Gasteiger partial charge in [0.05, 0.1) is 17.6 Å². The molecule has 0 saturated heterocycles. The SMILES string of the molecule is CC(C)c1nc2cc(N)ccc2n1CC(F)(F)C(F)F. The van der Waals surface area contributed by atoms with Gasteiger partial charge in [-0.05, 0) is 18.2 Å². The van der Waals surface area contributed by atoms with Crippen LogP contribution in [0.3, 0.4) is 0 Å². The molecule has 7 heteroatoms. The summed E-state index contributed by atoms with van der Waals surface area (Å²) in [5.74, 6) is -3.93. The average molecular weight is 289 g/mol. The van der Waals surface area contributed by atoms with Gasteiger partial charge in [-0.1, -0.05) is 13.8 Å². The van der Waals surface area contributed by atoms with Gasteiger partial charge in [0.25, 0.3) is 0 Å². The lowest BCUT2D eigenvalue weighted by Gasteiger charge is -2.19. The number of hydrogen-bond donors (Lipinski definition) is 1. The second kappa shape index (κ2) is 4.96. The summed E-state index contributed by atoms with van der Waals surface area (Å²) in [5, 5.41) is 0. The maximum atomic E-state index is 13.3. The summed E-state index contributed by atoms with van der Waals surface area (Å²) in [5.41, 5.74) is 6.87. The van der Waals surface area contributed by atoms with Crippen molar-refractivity contribution in [2.24, 2.45) is 0 Å². The van der Waals surface area contributed by atoms with Gasteiger partial charge in [-0.25, -0.2) is 13.8 Å². The molecule has 1 aromatic carbocycles. The number of aromatic nitrogens is 2. The second-order valence-corrected chi connectivity index (χ2v) is 5.02. The predicted octanol–water partition coefficient (Wildman–Crippen LogP) is 3.64. The molecule has 0 aliphatic heterocycles. The van der Waals surface area contributed by atoms with Gasteiger partial charge in [0.15, 0.2) is 0 Å². The van der Waals surface area contributed by atoms with Gasteiger partial charge in [0.2, 0.25) is 0 Å². The minimum absolute atomic E-state index is 0.169. The third-order valence-corrected chi connectivity index (χ3v) is 3.01. The number of rotatable bonds is 4. The lowest BCUT2D eigenvalue weighted by Crippen LogP contribution is -2.32. The molecule has 2 N–H and O–H groups in total. The van der Waals surface area contributed by atoms with Crippen molar-refractivity contribution in [2.75, 3.05) is 5.73 Å². The molecule has 0 fully saturated rings. The smallest absolute Gasteiger partial charge is 0.324 e.